The molecule has 0 aliphatic carbocycles. The molecule has 2 rings (SSSR count). The molecule has 100 valence electrons. The molecule has 0 saturated heterocycles. The highest BCUT2D eigenvalue weighted by Gasteiger charge is 2.10. The van der Waals surface area contributed by atoms with Gasteiger partial charge in [-0.15, -0.1) is 0 Å². The van der Waals surface area contributed by atoms with Crippen molar-refractivity contribution >= 4 is 23.8 Å². The lowest BCUT2D eigenvalue weighted by molar-refractivity contribution is -0.125. The Bertz CT molecular complexity index is 606. The Labute approximate surface area is 111 Å². The number of nitrogens with zero attached hydrogens (tertiary/aromatic N) is 3. The average molecular weight is 260 g/mol. The number of carbonyl (C=O) groups excluding carboxylic acids is 2. The highest BCUT2D eigenvalue weighted by Crippen LogP contribution is 2.17. The van der Waals surface area contributed by atoms with Crippen molar-refractivity contribution in [2.75, 3.05) is 18.5 Å². The molecular formula is C13H16N4O2. The lowest BCUT2D eigenvalue weighted by Gasteiger charge is -2.17. The standard InChI is InChI=1S/C13H16N4O2/c1-10-4-3-6-17-12(8-14-13(10)17)16(2)7-5-11(19)15-9-18/h3-4,6,8-9H,5,7H2,1-2H3,(H,15,18,19). The van der Waals surface area contributed by atoms with Crippen LogP contribution in [0.25, 0.3) is 5.65 Å². The third-order valence-corrected chi connectivity index (χ3v) is 3.00. The Morgan fingerprint density at radius 3 is 3.11 bits per heavy atom. The van der Waals surface area contributed by atoms with Crippen LogP contribution in [-0.2, 0) is 9.59 Å². The third-order valence-electron chi connectivity index (χ3n) is 3.00. The molecule has 2 heterocycles. The Morgan fingerprint density at radius 2 is 2.37 bits per heavy atom. The van der Waals surface area contributed by atoms with E-state index in [9.17, 15) is 9.59 Å². The minimum Gasteiger partial charge on any atom is -0.359 e. The Morgan fingerprint density at radius 1 is 1.58 bits per heavy atom. The molecule has 0 fully saturated rings. The van der Waals surface area contributed by atoms with Crippen molar-refractivity contribution in [2.24, 2.45) is 0 Å². The zero-order valence-electron chi connectivity index (χ0n) is 11.0. The van der Waals surface area contributed by atoms with Crippen LogP contribution in [0.3, 0.4) is 0 Å². The Balaban J connectivity index is 2.13. The summed E-state index contributed by atoms with van der Waals surface area (Å²) in [6, 6.07) is 3.96. The second-order valence-corrected chi connectivity index (χ2v) is 4.36. The molecule has 1 N–H and O–H groups in total. The summed E-state index contributed by atoms with van der Waals surface area (Å²) < 4.78 is 1.98. The number of carbonyl (C=O) groups is 2. The monoisotopic (exact) mass is 260 g/mol. The lowest BCUT2D eigenvalue weighted by atomic mass is 10.3. The number of hydrogen-bond donors (Lipinski definition) is 1. The quantitative estimate of drug-likeness (QED) is 0.805. The van der Waals surface area contributed by atoms with E-state index < -0.39 is 0 Å². The van der Waals surface area contributed by atoms with Gasteiger partial charge in [0, 0.05) is 26.2 Å². The third kappa shape index (κ3) is 2.73. The van der Waals surface area contributed by atoms with Crippen molar-refractivity contribution in [3.63, 3.8) is 0 Å². The topological polar surface area (TPSA) is 66.7 Å². The van der Waals surface area contributed by atoms with Crippen LogP contribution in [0.4, 0.5) is 5.82 Å². The van der Waals surface area contributed by atoms with Gasteiger partial charge < -0.3 is 4.90 Å². The minimum absolute atomic E-state index is 0.258. The Kier molecular flexibility index (Phi) is 3.79. The average Bonchev–Trinajstić information content (AvgIpc) is 2.82. The molecular weight excluding hydrogens is 244 g/mol. The van der Waals surface area contributed by atoms with Crippen LogP contribution in [0.15, 0.2) is 24.5 Å². The molecule has 0 saturated carbocycles. The van der Waals surface area contributed by atoms with E-state index in [0.717, 1.165) is 17.0 Å². The fourth-order valence-electron chi connectivity index (χ4n) is 1.94. The first-order valence-electron chi connectivity index (χ1n) is 6.00. The fourth-order valence-corrected chi connectivity index (χ4v) is 1.94. The number of anilines is 1. The van der Waals surface area contributed by atoms with Crippen molar-refractivity contribution in [3.05, 3.63) is 30.1 Å². The summed E-state index contributed by atoms with van der Waals surface area (Å²) in [6.07, 6.45) is 4.38. The van der Waals surface area contributed by atoms with Gasteiger partial charge in [-0.3, -0.25) is 19.3 Å². The summed E-state index contributed by atoms with van der Waals surface area (Å²) in [7, 11) is 1.89. The largest absolute Gasteiger partial charge is 0.359 e. The molecule has 6 heteroatoms. The number of fused-ring (bicyclic) bond motifs is 1. The van der Waals surface area contributed by atoms with Gasteiger partial charge in [0.05, 0.1) is 6.20 Å². The van der Waals surface area contributed by atoms with Gasteiger partial charge >= 0.3 is 0 Å². The van der Waals surface area contributed by atoms with Crippen LogP contribution in [0.1, 0.15) is 12.0 Å². The number of imidazole rings is 1. The smallest absolute Gasteiger partial charge is 0.228 e. The molecule has 6 nitrogen and oxygen atoms in total. The molecule has 0 aliphatic heterocycles. The van der Waals surface area contributed by atoms with E-state index in [1.54, 1.807) is 6.20 Å². The zero-order valence-corrected chi connectivity index (χ0v) is 11.0. The molecule has 2 aromatic heterocycles. The van der Waals surface area contributed by atoms with E-state index in [4.69, 9.17) is 0 Å². The van der Waals surface area contributed by atoms with Gasteiger partial charge in [0.2, 0.25) is 12.3 Å². The second-order valence-electron chi connectivity index (χ2n) is 4.36. The van der Waals surface area contributed by atoms with Crippen molar-refractivity contribution in [1.29, 1.82) is 0 Å². The van der Waals surface area contributed by atoms with Gasteiger partial charge in [0.25, 0.3) is 0 Å². The summed E-state index contributed by atoms with van der Waals surface area (Å²) >= 11 is 0. The maximum atomic E-state index is 11.2. The molecule has 2 aromatic rings. The van der Waals surface area contributed by atoms with Crippen molar-refractivity contribution in [1.82, 2.24) is 14.7 Å². The predicted octanol–water partition coefficient (Wildman–Crippen LogP) is 0.742. The molecule has 0 spiro atoms. The van der Waals surface area contributed by atoms with Gasteiger partial charge in [-0.2, -0.15) is 0 Å². The first-order valence-corrected chi connectivity index (χ1v) is 6.00. The first kappa shape index (κ1) is 13.1. The van der Waals surface area contributed by atoms with Crippen molar-refractivity contribution in [2.45, 2.75) is 13.3 Å². The van der Waals surface area contributed by atoms with Crippen LogP contribution in [0.2, 0.25) is 0 Å². The number of aryl methyl sites for hydroxylation is 1. The number of rotatable bonds is 5. The Hall–Kier alpha value is -2.37. The number of aromatic nitrogens is 2. The van der Waals surface area contributed by atoms with E-state index >= 15 is 0 Å². The van der Waals surface area contributed by atoms with Crippen LogP contribution in [0, 0.1) is 6.92 Å². The van der Waals surface area contributed by atoms with Gasteiger partial charge in [0.1, 0.15) is 11.5 Å². The minimum atomic E-state index is -0.285. The number of hydrogen-bond acceptors (Lipinski definition) is 4. The molecule has 19 heavy (non-hydrogen) atoms. The van der Waals surface area contributed by atoms with Gasteiger partial charge in [-0.1, -0.05) is 6.07 Å². The van der Waals surface area contributed by atoms with Crippen molar-refractivity contribution < 1.29 is 9.59 Å². The van der Waals surface area contributed by atoms with Crippen molar-refractivity contribution in [3.8, 4) is 0 Å². The maximum Gasteiger partial charge on any atom is 0.228 e. The summed E-state index contributed by atoms with van der Waals surface area (Å²) in [5.74, 6) is 0.629. The maximum absolute atomic E-state index is 11.2. The summed E-state index contributed by atoms with van der Waals surface area (Å²) in [5, 5.41) is 2.12. The van der Waals surface area contributed by atoms with E-state index in [1.807, 2.05) is 41.6 Å². The normalized spacial score (nSPS) is 10.4. The van der Waals surface area contributed by atoms with E-state index in [0.29, 0.717) is 13.0 Å². The highest BCUT2D eigenvalue weighted by atomic mass is 16.2. The van der Waals surface area contributed by atoms with Crippen LogP contribution in [-0.4, -0.2) is 35.3 Å². The summed E-state index contributed by atoms with van der Waals surface area (Å²) in [6.45, 7) is 2.52. The number of nitrogens with one attached hydrogen (secondary N) is 1. The van der Waals surface area contributed by atoms with E-state index in [2.05, 4.69) is 10.3 Å². The zero-order chi connectivity index (χ0) is 13.8. The van der Waals surface area contributed by atoms with Gasteiger partial charge in [-0.25, -0.2) is 4.98 Å². The lowest BCUT2D eigenvalue weighted by Crippen LogP contribution is -2.28. The molecule has 0 atom stereocenters. The fraction of sp³-hybridized carbons (Fsp3) is 0.308. The SMILES string of the molecule is Cc1cccn2c(N(C)CCC(=O)NC=O)cnc12. The predicted molar refractivity (Wildman–Crippen MR) is 72.0 cm³/mol. The van der Waals surface area contributed by atoms with Crippen LogP contribution in [0.5, 0.6) is 0 Å². The summed E-state index contributed by atoms with van der Waals surface area (Å²) in [5.41, 5.74) is 2.00. The number of imide groups is 1. The molecule has 2 amide bonds. The van der Waals surface area contributed by atoms with Crippen LogP contribution < -0.4 is 10.2 Å². The second kappa shape index (κ2) is 5.51. The van der Waals surface area contributed by atoms with E-state index in [-0.39, 0.29) is 12.3 Å². The molecule has 0 unspecified atom stereocenters. The van der Waals surface area contributed by atoms with Crippen LogP contribution >= 0.6 is 0 Å². The molecule has 0 aliphatic rings. The highest BCUT2D eigenvalue weighted by molar-refractivity contribution is 5.86. The number of amides is 2. The molecule has 0 aromatic carbocycles. The first-order chi connectivity index (χ1) is 9.13. The molecule has 0 bridgehead atoms. The van der Waals surface area contributed by atoms with E-state index in [1.165, 1.54) is 0 Å². The molecule has 0 radical (unpaired) electrons. The van der Waals surface area contributed by atoms with Gasteiger partial charge in [0.15, 0.2) is 0 Å². The summed E-state index contributed by atoms with van der Waals surface area (Å²) in [4.78, 5) is 27.7. The number of pyridine rings is 1. The van der Waals surface area contributed by atoms with Gasteiger partial charge in [-0.05, 0) is 18.6 Å².